The molecule has 0 aliphatic rings. The van der Waals surface area contributed by atoms with E-state index in [4.69, 9.17) is 9.68 Å². The second-order valence-corrected chi connectivity index (χ2v) is 4.96. The molecule has 0 aromatic carbocycles. The Balaban J connectivity index is 2.97. The zero-order valence-corrected chi connectivity index (χ0v) is 12.1. The van der Waals surface area contributed by atoms with Crippen molar-refractivity contribution in [2.24, 2.45) is 0 Å². The van der Waals surface area contributed by atoms with E-state index in [9.17, 15) is 4.79 Å². The average Bonchev–Trinajstić information content (AvgIpc) is 2.63. The molecule has 0 fully saturated rings. The molecule has 3 heteroatoms. The van der Waals surface area contributed by atoms with Crippen molar-refractivity contribution >= 4 is 11.9 Å². The van der Waals surface area contributed by atoms with E-state index in [0.717, 1.165) is 35.5 Å². The van der Waals surface area contributed by atoms with Crippen LogP contribution in [-0.4, -0.2) is 5.78 Å². The lowest BCUT2D eigenvalue weighted by Gasteiger charge is -2.08. The van der Waals surface area contributed by atoms with Gasteiger partial charge in [-0.15, -0.1) is 0 Å². The van der Waals surface area contributed by atoms with Crippen LogP contribution < -0.4 is 0 Å². The highest BCUT2D eigenvalue weighted by atomic mass is 16.3. The third-order valence-electron chi connectivity index (χ3n) is 3.32. The molecule has 1 atom stereocenters. The normalized spacial score (nSPS) is 12.6. The fraction of sp³-hybridized carbons (Fsp3) is 0.500. The van der Waals surface area contributed by atoms with Crippen LogP contribution in [0, 0.1) is 25.2 Å². The minimum absolute atomic E-state index is 0.0290. The molecule has 1 aromatic heterocycles. The van der Waals surface area contributed by atoms with Gasteiger partial charge in [-0.05, 0) is 51.3 Å². The number of ketones is 1. The number of rotatable bonds is 6. The summed E-state index contributed by atoms with van der Waals surface area (Å²) in [6.07, 6.45) is 5.77. The minimum atomic E-state index is 0.0290. The van der Waals surface area contributed by atoms with Gasteiger partial charge in [0, 0.05) is 17.9 Å². The van der Waals surface area contributed by atoms with Gasteiger partial charge in [-0.25, -0.2) is 0 Å². The maximum Gasteiger partial charge on any atom is 0.152 e. The van der Waals surface area contributed by atoms with Crippen LogP contribution in [0.15, 0.2) is 10.5 Å². The van der Waals surface area contributed by atoms with Gasteiger partial charge in [-0.1, -0.05) is 6.92 Å². The Morgan fingerprint density at radius 1 is 1.47 bits per heavy atom. The van der Waals surface area contributed by atoms with Crippen LogP contribution in [0.1, 0.15) is 61.7 Å². The summed E-state index contributed by atoms with van der Waals surface area (Å²) < 4.78 is 5.82. The summed E-state index contributed by atoms with van der Waals surface area (Å²) in [6.45, 7) is 7.57. The number of hydrogen-bond donors (Lipinski definition) is 0. The maximum atomic E-state index is 11.1. The van der Waals surface area contributed by atoms with Crippen molar-refractivity contribution < 1.29 is 9.21 Å². The Labute approximate surface area is 114 Å². The molecule has 1 heterocycles. The Morgan fingerprint density at radius 2 is 2.16 bits per heavy atom. The van der Waals surface area contributed by atoms with Crippen molar-refractivity contribution in [2.45, 2.75) is 52.9 Å². The molecule has 1 aromatic rings. The highest BCUT2D eigenvalue weighted by Crippen LogP contribution is 2.31. The second kappa shape index (κ2) is 6.94. The van der Waals surface area contributed by atoms with Gasteiger partial charge in [0.2, 0.25) is 0 Å². The molecule has 0 aliphatic heterocycles. The monoisotopic (exact) mass is 259 g/mol. The summed E-state index contributed by atoms with van der Waals surface area (Å²) in [5, 5.41) is 8.58. The van der Waals surface area contributed by atoms with Gasteiger partial charge in [0.05, 0.1) is 6.07 Å². The third kappa shape index (κ3) is 4.10. The highest BCUT2D eigenvalue weighted by molar-refractivity contribution is 5.91. The van der Waals surface area contributed by atoms with E-state index < -0.39 is 0 Å². The van der Waals surface area contributed by atoms with E-state index in [1.807, 2.05) is 19.9 Å². The molecule has 1 unspecified atom stereocenters. The van der Waals surface area contributed by atoms with Crippen molar-refractivity contribution in [3.63, 3.8) is 0 Å². The lowest BCUT2D eigenvalue weighted by molar-refractivity contribution is -0.112. The summed E-state index contributed by atoms with van der Waals surface area (Å²) >= 11 is 0. The number of aryl methyl sites for hydroxylation is 1. The molecule has 102 valence electrons. The molecule has 0 saturated carbocycles. The lowest BCUT2D eigenvalue weighted by Crippen LogP contribution is -1.95. The average molecular weight is 259 g/mol. The Bertz CT molecular complexity index is 518. The summed E-state index contributed by atoms with van der Waals surface area (Å²) in [7, 11) is 0. The standard InChI is InChI=1S/C16H21NO2/c1-11(7-5-6-10-17)16-15(9-8-12(2)18)13(3)14(4)19-16/h8-9,11H,5-7H2,1-4H3/b9-8+. The fourth-order valence-electron chi connectivity index (χ4n) is 2.06. The molecule has 0 bridgehead atoms. The van der Waals surface area contributed by atoms with E-state index in [1.54, 1.807) is 6.08 Å². The number of unbranched alkanes of at least 4 members (excludes halogenated alkanes) is 1. The predicted molar refractivity (Wildman–Crippen MR) is 75.8 cm³/mol. The van der Waals surface area contributed by atoms with Gasteiger partial charge in [0.1, 0.15) is 11.5 Å². The highest BCUT2D eigenvalue weighted by Gasteiger charge is 2.18. The van der Waals surface area contributed by atoms with Crippen LogP contribution in [-0.2, 0) is 4.79 Å². The van der Waals surface area contributed by atoms with Crippen LogP contribution in [0.5, 0.6) is 0 Å². The largest absolute Gasteiger partial charge is 0.465 e. The Kier molecular flexibility index (Phi) is 5.57. The zero-order chi connectivity index (χ0) is 14.4. The van der Waals surface area contributed by atoms with Crippen LogP contribution in [0.4, 0.5) is 0 Å². The molecular formula is C16H21NO2. The number of carbonyl (C=O) groups is 1. The number of allylic oxidation sites excluding steroid dienone is 1. The van der Waals surface area contributed by atoms with Gasteiger partial charge in [0.25, 0.3) is 0 Å². The Hall–Kier alpha value is -1.82. The van der Waals surface area contributed by atoms with Crippen molar-refractivity contribution in [1.29, 1.82) is 5.26 Å². The molecule has 0 N–H and O–H groups in total. The first-order valence-corrected chi connectivity index (χ1v) is 6.62. The summed E-state index contributed by atoms with van der Waals surface area (Å²) in [4.78, 5) is 11.1. The van der Waals surface area contributed by atoms with E-state index in [2.05, 4.69) is 13.0 Å². The Morgan fingerprint density at radius 3 is 2.74 bits per heavy atom. The van der Waals surface area contributed by atoms with Gasteiger partial charge in [-0.3, -0.25) is 4.79 Å². The van der Waals surface area contributed by atoms with E-state index in [-0.39, 0.29) is 11.7 Å². The summed E-state index contributed by atoms with van der Waals surface area (Å²) in [5.74, 6) is 2.10. The molecular weight excluding hydrogens is 238 g/mol. The SMILES string of the molecule is CC(=O)/C=C/c1c(C(C)CCCC#N)oc(C)c1C. The number of carbonyl (C=O) groups excluding carboxylic acids is 1. The predicted octanol–water partition coefficient (Wildman–Crippen LogP) is 4.30. The maximum absolute atomic E-state index is 11.1. The second-order valence-electron chi connectivity index (χ2n) is 4.96. The van der Waals surface area contributed by atoms with Gasteiger partial charge < -0.3 is 4.42 Å². The molecule has 0 radical (unpaired) electrons. The molecule has 0 aliphatic carbocycles. The number of nitrogens with zero attached hydrogens (tertiary/aromatic N) is 1. The number of hydrogen-bond acceptors (Lipinski definition) is 3. The van der Waals surface area contributed by atoms with Crippen molar-refractivity contribution in [2.75, 3.05) is 0 Å². The molecule has 0 saturated heterocycles. The summed E-state index contributed by atoms with van der Waals surface area (Å²) in [6, 6.07) is 2.16. The minimum Gasteiger partial charge on any atom is -0.465 e. The molecule has 0 spiro atoms. The van der Waals surface area contributed by atoms with Gasteiger partial charge in [-0.2, -0.15) is 5.26 Å². The van der Waals surface area contributed by atoms with Crippen LogP contribution >= 0.6 is 0 Å². The van der Waals surface area contributed by atoms with Crippen LogP contribution in [0.3, 0.4) is 0 Å². The van der Waals surface area contributed by atoms with E-state index in [1.165, 1.54) is 6.92 Å². The van der Waals surface area contributed by atoms with Crippen molar-refractivity contribution in [1.82, 2.24) is 0 Å². The zero-order valence-electron chi connectivity index (χ0n) is 12.1. The molecule has 19 heavy (non-hydrogen) atoms. The first-order valence-electron chi connectivity index (χ1n) is 6.62. The topological polar surface area (TPSA) is 54.0 Å². The van der Waals surface area contributed by atoms with Crippen LogP contribution in [0.2, 0.25) is 0 Å². The van der Waals surface area contributed by atoms with Crippen molar-refractivity contribution in [3.05, 3.63) is 28.7 Å². The van der Waals surface area contributed by atoms with Gasteiger partial charge >= 0.3 is 0 Å². The van der Waals surface area contributed by atoms with E-state index >= 15 is 0 Å². The lowest BCUT2D eigenvalue weighted by atomic mass is 9.96. The first kappa shape index (κ1) is 15.2. The van der Waals surface area contributed by atoms with Crippen LogP contribution in [0.25, 0.3) is 6.08 Å². The number of nitriles is 1. The fourth-order valence-corrected chi connectivity index (χ4v) is 2.06. The smallest absolute Gasteiger partial charge is 0.152 e. The van der Waals surface area contributed by atoms with Crippen molar-refractivity contribution in [3.8, 4) is 6.07 Å². The molecule has 1 rings (SSSR count). The quantitative estimate of drug-likeness (QED) is 0.565. The molecule has 0 amide bonds. The third-order valence-corrected chi connectivity index (χ3v) is 3.32. The first-order chi connectivity index (χ1) is 8.97. The number of furan rings is 1. The van der Waals surface area contributed by atoms with Gasteiger partial charge in [0.15, 0.2) is 5.78 Å². The summed E-state index contributed by atoms with van der Waals surface area (Å²) in [5.41, 5.74) is 2.09. The van der Waals surface area contributed by atoms with E-state index in [0.29, 0.717) is 6.42 Å². The molecule has 3 nitrogen and oxygen atoms in total.